The summed E-state index contributed by atoms with van der Waals surface area (Å²) in [5.41, 5.74) is 1.30. The number of carbonyl (C=O) groups is 1. The van der Waals surface area contributed by atoms with Gasteiger partial charge >= 0.3 is 0 Å². The van der Waals surface area contributed by atoms with E-state index in [1.807, 2.05) is 11.9 Å². The van der Waals surface area contributed by atoms with Gasteiger partial charge in [0.25, 0.3) is 5.91 Å². The van der Waals surface area contributed by atoms with Crippen molar-refractivity contribution in [3.8, 4) is 5.75 Å². The molecule has 1 amide bonds. The van der Waals surface area contributed by atoms with Crippen molar-refractivity contribution < 1.29 is 18.3 Å². The highest BCUT2D eigenvalue weighted by Crippen LogP contribution is 2.34. The van der Waals surface area contributed by atoms with Gasteiger partial charge in [-0.2, -0.15) is 0 Å². The largest absolute Gasteiger partial charge is 0.494 e. The number of hydrogen-bond donors (Lipinski definition) is 2. The zero-order valence-corrected chi connectivity index (χ0v) is 18.8. The van der Waals surface area contributed by atoms with E-state index in [1.165, 1.54) is 37.7 Å². The minimum Gasteiger partial charge on any atom is -0.494 e. The lowest BCUT2D eigenvalue weighted by Crippen LogP contribution is -2.24. The topological polar surface area (TPSA) is 79.4 Å². The van der Waals surface area contributed by atoms with Crippen LogP contribution in [0.25, 0.3) is 10.9 Å². The van der Waals surface area contributed by atoms with Crippen molar-refractivity contribution in [2.24, 2.45) is 0 Å². The number of carbonyl (C=O) groups excluding carboxylic acids is 1. The van der Waals surface area contributed by atoms with E-state index in [2.05, 4.69) is 20.6 Å². The van der Waals surface area contributed by atoms with Crippen molar-refractivity contribution in [1.82, 2.24) is 14.9 Å². The van der Waals surface area contributed by atoms with Gasteiger partial charge in [0.1, 0.15) is 23.7 Å². The average molecular weight is 474 g/mol. The Hall–Kier alpha value is -3.30. The molecule has 1 aliphatic rings. The Morgan fingerprint density at radius 1 is 1.30 bits per heavy atom. The number of amides is 1. The highest BCUT2D eigenvalue weighted by molar-refractivity contribution is 6.31. The lowest BCUT2D eigenvalue weighted by atomic mass is 10.1. The smallest absolute Gasteiger partial charge is 0.284 e. The van der Waals surface area contributed by atoms with Crippen molar-refractivity contribution >= 4 is 45.6 Å². The molecule has 33 heavy (non-hydrogen) atoms. The Morgan fingerprint density at radius 2 is 2.12 bits per heavy atom. The maximum absolute atomic E-state index is 14.6. The van der Waals surface area contributed by atoms with Crippen molar-refractivity contribution in [2.45, 2.75) is 18.9 Å². The van der Waals surface area contributed by atoms with Gasteiger partial charge in [-0.3, -0.25) is 9.69 Å². The average Bonchev–Trinajstić information content (AvgIpc) is 3.20. The molecule has 10 heteroatoms. The van der Waals surface area contributed by atoms with Crippen LogP contribution in [-0.2, 0) is 4.79 Å². The van der Waals surface area contributed by atoms with Gasteiger partial charge in [-0.25, -0.2) is 18.7 Å². The summed E-state index contributed by atoms with van der Waals surface area (Å²) in [4.78, 5) is 23.0. The number of fused-ring (bicyclic) bond motifs is 1. The number of rotatable bonds is 6. The number of halogens is 3. The quantitative estimate of drug-likeness (QED) is 0.487. The normalized spacial score (nSPS) is 16.8. The number of ether oxygens (including phenoxy) is 1. The van der Waals surface area contributed by atoms with Gasteiger partial charge in [0.2, 0.25) is 0 Å². The lowest BCUT2D eigenvalue weighted by molar-refractivity contribution is -0.114. The van der Waals surface area contributed by atoms with E-state index in [1.54, 1.807) is 12.1 Å². The van der Waals surface area contributed by atoms with Gasteiger partial charge < -0.3 is 15.4 Å². The molecule has 2 heterocycles. The van der Waals surface area contributed by atoms with Gasteiger partial charge in [0.05, 0.1) is 23.3 Å². The molecule has 0 spiro atoms. The second-order valence-corrected chi connectivity index (χ2v) is 8.11. The van der Waals surface area contributed by atoms with Gasteiger partial charge in [-0.05, 0) is 56.8 Å². The summed E-state index contributed by atoms with van der Waals surface area (Å²) in [6, 6.07) is 7.27. The van der Waals surface area contributed by atoms with Crippen molar-refractivity contribution in [2.75, 3.05) is 31.3 Å². The molecular formula is C23H22ClF2N5O2. The summed E-state index contributed by atoms with van der Waals surface area (Å²) in [5.74, 6) is -1.56. The lowest BCUT2D eigenvalue weighted by Gasteiger charge is -2.16. The first-order chi connectivity index (χ1) is 15.9. The molecule has 0 saturated carbocycles. The molecule has 0 bridgehead atoms. The van der Waals surface area contributed by atoms with E-state index in [4.69, 9.17) is 16.3 Å². The number of likely N-dealkylation sites (tertiary alicyclic amines) is 1. The molecular weight excluding hydrogens is 452 g/mol. The van der Waals surface area contributed by atoms with Crippen LogP contribution in [0.5, 0.6) is 5.75 Å². The Labute approximate surface area is 194 Å². The van der Waals surface area contributed by atoms with Crippen LogP contribution in [0.2, 0.25) is 5.02 Å². The SMILES string of the molecule is COc1cc2ncnc(Nc3ccc(F)c(Cl)c3)c2cc1NC(=O)/C(F)=C/[C@@H]1CCCN1C. The number of hydrogen-bond acceptors (Lipinski definition) is 6. The van der Waals surface area contributed by atoms with E-state index in [9.17, 15) is 13.6 Å². The molecule has 172 valence electrons. The third kappa shape index (κ3) is 5.04. The third-order valence-electron chi connectivity index (χ3n) is 5.52. The molecule has 1 aliphatic heterocycles. The first-order valence-electron chi connectivity index (χ1n) is 10.3. The summed E-state index contributed by atoms with van der Waals surface area (Å²) in [7, 11) is 3.34. The van der Waals surface area contributed by atoms with E-state index in [0.717, 1.165) is 19.4 Å². The number of anilines is 3. The maximum Gasteiger partial charge on any atom is 0.284 e. The van der Waals surface area contributed by atoms with E-state index in [-0.39, 0.29) is 16.8 Å². The molecule has 1 aromatic heterocycles. The molecule has 0 unspecified atom stereocenters. The minimum absolute atomic E-state index is 0.0387. The summed E-state index contributed by atoms with van der Waals surface area (Å²) in [5, 5.41) is 6.13. The number of nitrogens with one attached hydrogen (secondary N) is 2. The molecule has 0 radical (unpaired) electrons. The predicted octanol–water partition coefficient (Wildman–Crippen LogP) is 5.06. The van der Waals surface area contributed by atoms with Gasteiger partial charge in [0, 0.05) is 23.2 Å². The highest BCUT2D eigenvalue weighted by atomic mass is 35.5. The van der Waals surface area contributed by atoms with Crippen LogP contribution in [0, 0.1) is 5.82 Å². The van der Waals surface area contributed by atoms with Crippen molar-refractivity contribution in [3.63, 3.8) is 0 Å². The van der Waals surface area contributed by atoms with Crippen LogP contribution in [0.15, 0.2) is 48.6 Å². The zero-order valence-electron chi connectivity index (χ0n) is 18.0. The molecule has 1 saturated heterocycles. The molecule has 4 rings (SSSR count). The number of benzene rings is 2. The Kier molecular flexibility index (Phi) is 6.71. The number of methoxy groups -OCH3 is 1. The highest BCUT2D eigenvalue weighted by Gasteiger charge is 2.22. The van der Waals surface area contributed by atoms with Gasteiger partial charge in [-0.1, -0.05) is 11.6 Å². The third-order valence-corrected chi connectivity index (χ3v) is 5.81. The molecule has 3 aromatic rings. The summed E-state index contributed by atoms with van der Waals surface area (Å²) < 4.78 is 33.4. The first kappa shape index (κ1) is 22.9. The molecule has 1 fully saturated rings. The second kappa shape index (κ2) is 9.68. The fourth-order valence-electron chi connectivity index (χ4n) is 3.73. The predicted molar refractivity (Wildman–Crippen MR) is 124 cm³/mol. The molecule has 2 aromatic carbocycles. The van der Waals surface area contributed by atoms with Crippen molar-refractivity contribution in [1.29, 1.82) is 0 Å². The van der Waals surface area contributed by atoms with Crippen LogP contribution >= 0.6 is 11.6 Å². The van der Waals surface area contributed by atoms with Crippen LogP contribution in [0.3, 0.4) is 0 Å². The van der Waals surface area contributed by atoms with Crippen LogP contribution in [0.4, 0.5) is 26.0 Å². The van der Waals surface area contributed by atoms with E-state index in [0.29, 0.717) is 28.2 Å². The molecule has 0 aliphatic carbocycles. The first-order valence-corrected chi connectivity index (χ1v) is 10.7. The van der Waals surface area contributed by atoms with E-state index < -0.39 is 17.6 Å². The zero-order chi connectivity index (χ0) is 23.5. The minimum atomic E-state index is -0.871. The van der Waals surface area contributed by atoms with E-state index >= 15 is 0 Å². The molecule has 1 atom stereocenters. The summed E-state index contributed by atoms with van der Waals surface area (Å²) in [6.07, 6.45) is 4.45. The van der Waals surface area contributed by atoms with Crippen molar-refractivity contribution in [3.05, 3.63) is 59.4 Å². The maximum atomic E-state index is 14.6. The molecule has 7 nitrogen and oxygen atoms in total. The second-order valence-electron chi connectivity index (χ2n) is 7.70. The fraction of sp³-hybridized carbons (Fsp3) is 0.261. The number of likely N-dealkylation sites (N-methyl/N-ethyl adjacent to an activating group) is 1. The Bertz CT molecular complexity index is 1240. The monoisotopic (exact) mass is 473 g/mol. The Morgan fingerprint density at radius 3 is 2.82 bits per heavy atom. The van der Waals surface area contributed by atoms with Gasteiger partial charge in [0.15, 0.2) is 5.83 Å². The standard InChI is InChI=1S/C23H22ClF2N5O2/c1-31-7-3-4-14(31)9-18(26)23(32)30-20-10-15-19(11-21(20)33-2)27-12-28-22(15)29-13-5-6-17(25)16(24)8-13/h5-6,8-12,14H,3-4,7H2,1-2H3,(H,30,32)(H,27,28,29)/b18-9-/t14-/m0/s1. The number of nitrogens with zero attached hydrogens (tertiary/aromatic N) is 3. The Balaban J connectivity index is 1.65. The van der Waals surface area contributed by atoms with Crippen LogP contribution in [0.1, 0.15) is 12.8 Å². The summed E-state index contributed by atoms with van der Waals surface area (Å²) >= 11 is 5.86. The van der Waals surface area contributed by atoms with Crippen LogP contribution < -0.4 is 15.4 Å². The summed E-state index contributed by atoms with van der Waals surface area (Å²) in [6.45, 7) is 0.865. The fourth-order valence-corrected chi connectivity index (χ4v) is 3.91. The molecule has 2 N–H and O–H groups in total. The van der Waals surface area contributed by atoms with Gasteiger partial charge in [-0.15, -0.1) is 0 Å². The number of aromatic nitrogens is 2. The van der Waals surface area contributed by atoms with Crippen LogP contribution in [-0.4, -0.2) is 47.5 Å².